The molecule has 1 aliphatic heterocycles. The Labute approximate surface area is 126 Å². The lowest BCUT2D eigenvalue weighted by Gasteiger charge is -2.31. The van der Waals surface area contributed by atoms with Gasteiger partial charge >= 0.3 is 0 Å². The minimum Gasteiger partial charge on any atom is -0.393 e. The van der Waals surface area contributed by atoms with Crippen LogP contribution in [0, 0.1) is 5.92 Å². The molecule has 4 heteroatoms. The van der Waals surface area contributed by atoms with Gasteiger partial charge in [-0.05, 0) is 31.2 Å². The Morgan fingerprint density at radius 2 is 2.19 bits per heavy atom. The third-order valence-corrected chi connectivity index (χ3v) is 4.04. The zero-order chi connectivity index (χ0) is 15.1. The van der Waals surface area contributed by atoms with Crippen molar-refractivity contribution in [2.75, 3.05) is 13.2 Å². The van der Waals surface area contributed by atoms with E-state index >= 15 is 0 Å². The van der Waals surface area contributed by atoms with E-state index in [4.69, 9.17) is 4.74 Å². The van der Waals surface area contributed by atoms with Crippen LogP contribution in [-0.4, -0.2) is 30.3 Å². The average molecular weight is 291 g/mol. The Bertz CT molecular complexity index is 435. The number of benzene rings is 1. The van der Waals surface area contributed by atoms with Crippen molar-refractivity contribution in [3.63, 3.8) is 0 Å². The van der Waals surface area contributed by atoms with Gasteiger partial charge in [-0.25, -0.2) is 0 Å². The summed E-state index contributed by atoms with van der Waals surface area (Å²) in [6.45, 7) is 3.16. The largest absolute Gasteiger partial charge is 0.393 e. The number of hydrogen-bond acceptors (Lipinski definition) is 3. The van der Waals surface area contributed by atoms with Gasteiger partial charge < -0.3 is 15.2 Å². The number of carbonyl (C=O) groups excluding carboxylic acids is 1. The van der Waals surface area contributed by atoms with Gasteiger partial charge in [0.15, 0.2) is 0 Å². The molecule has 3 unspecified atom stereocenters. The molecule has 1 fully saturated rings. The Morgan fingerprint density at radius 1 is 1.43 bits per heavy atom. The van der Waals surface area contributed by atoms with Gasteiger partial charge in [0.2, 0.25) is 5.91 Å². The molecule has 1 saturated heterocycles. The van der Waals surface area contributed by atoms with Gasteiger partial charge in [0, 0.05) is 13.2 Å². The molecular formula is C17H25NO3. The van der Waals surface area contributed by atoms with Crippen molar-refractivity contribution in [2.24, 2.45) is 5.92 Å². The lowest BCUT2D eigenvalue weighted by molar-refractivity contribution is -0.134. The first-order valence-corrected chi connectivity index (χ1v) is 7.84. The van der Waals surface area contributed by atoms with E-state index < -0.39 is 0 Å². The normalized spacial score (nSPS) is 23.5. The van der Waals surface area contributed by atoms with E-state index in [0.29, 0.717) is 19.6 Å². The molecule has 3 atom stereocenters. The van der Waals surface area contributed by atoms with Crippen LogP contribution >= 0.6 is 0 Å². The van der Waals surface area contributed by atoms with Gasteiger partial charge in [-0.15, -0.1) is 0 Å². The summed E-state index contributed by atoms with van der Waals surface area (Å²) in [6, 6.07) is 9.93. The Balaban J connectivity index is 1.93. The van der Waals surface area contributed by atoms with Crippen molar-refractivity contribution in [3.05, 3.63) is 35.9 Å². The number of carbonyl (C=O) groups is 1. The fourth-order valence-electron chi connectivity index (χ4n) is 2.72. The van der Waals surface area contributed by atoms with Crippen LogP contribution in [0.25, 0.3) is 0 Å². The van der Waals surface area contributed by atoms with E-state index in [1.807, 2.05) is 37.3 Å². The summed E-state index contributed by atoms with van der Waals surface area (Å²) in [4.78, 5) is 12.4. The summed E-state index contributed by atoms with van der Waals surface area (Å²) in [5.74, 6) is -0.105. The molecule has 116 valence electrons. The van der Waals surface area contributed by atoms with Crippen LogP contribution < -0.4 is 5.32 Å². The topological polar surface area (TPSA) is 58.6 Å². The quantitative estimate of drug-likeness (QED) is 0.846. The van der Waals surface area contributed by atoms with Crippen LogP contribution in [0.15, 0.2) is 30.3 Å². The monoisotopic (exact) mass is 291 g/mol. The van der Waals surface area contributed by atoms with Crippen LogP contribution in [0.3, 0.4) is 0 Å². The molecule has 2 rings (SSSR count). The molecule has 0 bridgehead atoms. The second-order valence-electron chi connectivity index (χ2n) is 5.59. The van der Waals surface area contributed by atoms with Crippen molar-refractivity contribution in [2.45, 2.75) is 44.8 Å². The summed E-state index contributed by atoms with van der Waals surface area (Å²) < 4.78 is 5.84. The minimum atomic E-state index is -0.335. The summed E-state index contributed by atoms with van der Waals surface area (Å²) in [6.07, 6.45) is 2.59. The molecule has 0 aromatic heterocycles. The van der Waals surface area contributed by atoms with Crippen LogP contribution in [-0.2, 0) is 9.53 Å². The molecule has 1 amide bonds. The average Bonchev–Trinajstić information content (AvgIpc) is 2.55. The van der Waals surface area contributed by atoms with Crippen molar-refractivity contribution >= 4 is 5.91 Å². The van der Waals surface area contributed by atoms with E-state index in [9.17, 15) is 9.90 Å². The van der Waals surface area contributed by atoms with Gasteiger partial charge in [0.25, 0.3) is 0 Å². The molecule has 1 aliphatic rings. The zero-order valence-corrected chi connectivity index (χ0v) is 12.6. The van der Waals surface area contributed by atoms with Crippen molar-refractivity contribution in [1.29, 1.82) is 0 Å². The molecule has 21 heavy (non-hydrogen) atoms. The molecule has 0 radical (unpaired) electrons. The molecule has 0 saturated carbocycles. The molecule has 0 spiro atoms. The second-order valence-corrected chi connectivity index (χ2v) is 5.59. The summed E-state index contributed by atoms with van der Waals surface area (Å²) in [5.41, 5.74) is 1.06. The number of ether oxygens (including phenoxy) is 1. The number of hydrogen-bond donors (Lipinski definition) is 2. The number of nitrogens with one attached hydrogen (secondary N) is 1. The Morgan fingerprint density at radius 3 is 2.90 bits per heavy atom. The third-order valence-electron chi connectivity index (χ3n) is 4.04. The summed E-state index contributed by atoms with van der Waals surface area (Å²) >= 11 is 0. The molecule has 1 heterocycles. The molecule has 1 aromatic carbocycles. The van der Waals surface area contributed by atoms with E-state index in [1.165, 1.54) is 0 Å². The number of rotatable bonds is 6. The minimum absolute atomic E-state index is 0.0341. The number of amides is 1. The standard InChI is InChI=1S/C17H25NO3/c1-2-14(19)10-11-18-17(20)15-9-6-12-21-16(15)13-7-4-3-5-8-13/h3-5,7-8,14-16,19H,2,6,9-12H2,1H3,(H,18,20). The van der Waals surface area contributed by atoms with Crippen LogP contribution in [0.5, 0.6) is 0 Å². The molecule has 1 aromatic rings. The van der Waals surface area contributed by atoms with Crippen LogP contribution in [0.2, 0.25) is 0 Å². The third kappa shape index (κ3) is 4.55. The van der Waals surface area contributed by atoms with E-state index in [0.717, 1.165) is 24.8 Å². The van der Waals surface area contributed by atoms with Gasteiger partial charge in [-0.1, -0.05) is 37.3 Å². The van der Waals surface area contributed by atoms with Crippen molar-refractivity contribution in [3.8, 4) is 0 Å². The SMILES string of the molecule is CCC(O)CCNC(=O)C1CCCOC1c1ccccc1. The molecular weight excluding hydrogens is 266 g/mol. The highest BCUT2D eigenvalue weighted by molar-refractivity contribution is 5.79. The van der Waals surface area contributed by atoms with E-state index in [2.05, 4.69) is 5.32 Å². The first-order valence-electron chi connectivity index (χ1n) is 7.84. The first kappa shape index (κ1) is 16.0. The number of aliphatic hydroxyl groups excluding tert-OH is 1. The molecule has 0 aliphatic carbocycles. The lowest BCUT2D eigenvalue weighted by Crippen LogP contribution is -2.38. The second kappa shape index (κ2) is 8.15. The van der Waals surface area contributed by atoms with Gasteiger partial charge in [-0.2, -0.15) is 0 Å². The smallest absolute Gasteiger partial charge is 0.226 e. The van der Waals surface area contributed by atoms with Gasteiger partial charge in [0.1, 0.15) is 0 Å². The summed E-state index contributed by atoms with van der Waals surface area (Å²) in [7, 11) is 0. The van der Waals surface area contributed by atoms with E-state index in [1.54, 1.807) is 0 Å². The maximum Gasteiger partial charge on any atom is 0.226 e. The highest BCUT2D eigenvalue weighted by atomic mass is 16.5. The van der Waals surface area contributed by atoms with Gasteiger partial charge in [0.05, 0.1) is 18.1 Å². The first-order chi connectivity index (χ1) is 10.2. The predicted molar refractivity (Wildman–Crippen MR) is 81.8 cm³/mol. The lowest BCUT2D eigenvalue weighted by atomic mass is 9.88. The highest BCUT2D eigenvalue weighted by Gasteiger charge is 2.32. The van der Waals surface area contributed by atoms with Crippen molar-refractivity contribution in [1.82, 2.24) is 5.32 Å². The van der Waals surface area contributed by atoms with Crippen LogP contribution in [0.1, 0.15) is 44.3 Å². The summed E-state index contributed by atoms with van der Waals surface area (Å²) in [5, 5.41) is 12.5. The maximum atomic E-state index is 12.4. The maximum absolute atomic E-state index is 12.4. The molecule has 4 nitrogen and oxygen atoms in total. The van der Waals surface area contributed by atoms with Crippen LogP contribution in [0.4, 0.5) is 0 Å². The van der Waals surface area contributed by atoms with Crippen molar-refractivity contribution < 1.29 is 14.6 Å². The zero-order valence-electron chi connectivity index (χ0n) is 12.6. The predicted octanol–water partition coefficient (Wildman–Crippen LogP) is 2.43. The van der Waals surface area contributed by atoms with E-state index in [-0.39, 0.29) is 24.0 Å². The Hall–Kier alpha value is -1.39. The van der Waals surface area contributed by atoms with Gasteiger partial charge in [-0.3, -0.25) is 4.79 Å². The fraction of sp³-hybridized carbons (Fsp3) is 0.588. The number of aliphatic hydroxyl groups is 1. The fourth-order valence-corrected chi connectivity index (χ4v) is 2.72. The Kier molecular flexibility index (Phi) is 6.21. The highest BCUT2D eigenvalue weighted by Crippen LogP contribution is 2.33. The molecule has 2 N–H and O–H groups in total.